The van der Waals surface area contributed by atoms with Crippen LogP contribution in [-0.4, -0.2) is 16.4 Å². The maximum Gasteiger partial charge on any atom is 0.268 e. The number of hydrogen-bond acceptors (Lipinski definition) is 4. The number of benzene rings is 2. The molecule has 0 spiro atoms. The zero-order chi connectivity index (χ0) is 22.8. The first kappa shape index (κ1) is 21.7. The highest BCUT2D eigenvalue weighted by Gasteiger charge is 2.18. The topological polar surface area (TPSA) is 76.3 Å². The molecular weight excluding hydrogens is 429 g/mol. The molecule has 2 N–H and O–H groups in total. The van der Waals surface area contributed by atoms with Gasteiger partial charge in [-0.3, -0.25) is 9.59 Å². The Balaban J connectivity index is 1.49. The highest BCUT2D eigenvalue weighted by atomic mass is 32.2. The quantitative estimate of drug-likeness (QED) is 0.419. The molecule has 0 saturated heterocycles. The van der Waals surface area contributed by atoms with Gasteiger partial charge >= 0.3 is 0 Å². The zero-order valence-electron chi connectivity index (χ0n) is 17.9. The summed E-state index contributed by atoms with van der Waals surface area (Å²) in [6.45, 7) is 3.46. The lowest BCUT2D eigenvalue weighted by Gasteiger charge is -2.09. The maximum absolute atomic E-state index is 14.3. The van der Waals surface area contributed by atoms with Crippen molar-refractivity contribution in [3.05, 3.63) is 77.6 Å². The van der Waals surface area contributed by atoms with E-state index in [9.17, 15) is 14.0 Å². The molecule has 0 fully saturated rings. The van der Waals surface area contributed by atoms with Gasteiger partial charge in [-0.2, -0.15) is 0 Å². The highest BCUT2D eigenvalue weighted by Crippen LogP contribution is 2.33. The lowest BCUT2D eigenvalue weighted by molar-refractivity contribution is -0.114. The minimum Gasteiger partial charge on any atom is -0.464 e. The number of carbonyl (C=O) groups is 2. The number of hydrogen-bond donors (Lipinski definition) is 2. The Morgan fingerprint density at radius 1 is 1.12 bits per heavy atom. The van der Waals surface area contributed by atoms with Crippen molar-refractivity contribution in [1.29, 1.82) is 0 Å². The summed E-state index contributed by atoms with van der Waals surface area (Å²) in [6.07, 6.45) is 1.50. The van der Waals surface area contributed by atoms with Gasteiger partial charge in [-0.15, -0.1) is 0 Å². The van der Waals surface area contributed by atoms with Crippen LogP contribution in [0.2, 0.25) is 0 Å². The Bertz CT molecular complexity index is 1310. The molecular formula is C24H22FN3O3S. The van der Waals surface area contributed by atoms with Crippen molar-refractivity contribution < 1.29 is 18.4 Å². The molecule has 4 rings (SSSR count). The first-order valence-electron chi connectivity index (χ1n) is 9.98. The first-order valence-corrected chi connectivity index (χ1v) is 10.8. The minimum atomic E-state index is -0.388. The fourth-order valence-electron chi connectivity index (χ4n) is 3.45. The van der Waals surface area contributed by atoms with Crippen molar-refractivity contribution in [3.63, 3.8) is 0 Å². The van der Waals surface area contributed by atoms with Crippen LogP contribution in [0, 0.1) is 12.7 Å². The van der Waals surface area contributed by atoms with Crippen LogP contribution in [0.25, 0.3) is 11.0 Å². The third kappa shape index (κ3) is 4.40. The number of furan rings is 1. The summed E-state index contributed by atoms with van der Waals surface area (Å²) < 4.78 is 21.5. The average molecular weight is 452 g/mol. The van der Waals surface area contributed by atoms with Gasteiger partial charge in [0.05, 0.1) is 6.26 Å². The second-order valence-electron chi connectivity index (χ2n) is 7.39. The lowest BCUT2D eigenvalue weighted by Crippen LogP contribution is -2.25. The molecule has 4 aromatic rings. The van der Waals surface area contributed by atoms with Crippen molar-refractivity contribution in [2.45, 2.75) is 30.2 Å². The van der Waals surface area contributed by atoms with Gasteiger partial charge in [0.25, 0.3) is 5.91 Å². The monoisotopic (exact) mass is 451 g/mol. The number of rotatable bonds is 6. The highest BCUT2D eigenvalue weighted by molar-refractivity contribution is 7.99. The van der Waals surface area contributed by atoms with Gasteiger partial charge in [0.2, 0.25) is 5.91 Å². The van der Waals surface area contributed by atoms with Crippen LogP contribution in [0.3, 0.4) is 0 Å². The molecule has 6 nitrogen and oxygen atoms in total. The van der Waals surface area contributed by atoms with Crippen LogP contribution in [0.1, 0.15) is 28.7 Å². The van der Waals surface area contributed by atoms with E-state index in [1.165, 1.54) is 31.0 Å². The van der Waals surface area contributed by atoms with Crippen molar-refractivity contribution in [2.24, 2.45) is 7.05 Å². The minimum absolute atomic E-state index is 0.0544. The fraction of sp³-hybridized carbons (Fsp3) is 0.167. The third-order valence-electron chi connectivity index (χ3n) is 5.24. The summed E-state index contributed by atoms with van der Waals surface area (Å²) in [5.74, 6) is -0.798. The molecule has 2 amide bonds. The SMILES string of the molecule is CC(=O)Nc1ccc(Sc2cc(C(=O)NCc3c(F)ccc4occc34)n(C)c2C)cc1. The van der Waals surface area contributed by atoms with E-state index in [4.69, 9.17) is 4.42 Å². The van der Waals surface area contributed by atoms with Crippen molar-refractivity contribution in [2.75, 3.05) is 5.32 Å². The summed E-state index contributed by atoms with van der Waals surface area (Å²) in [4.78, 5) is 25.9. The Kier molecular flexibility index (Phi) is 6.05. The van der Waals surface area contributed by atoms with Crippen LogP contribution in [0.15, 0.2) is 69.0 Å². The molecule has 0 unspecified atom stereocenters. The van der Waals surface area contributed by atoms with Gasteiger partial charge in [0.1, 0.15) is 17.1 Å². The Hall–Kier alpha value is -3.52. The maximum atomic E-state index is 14.3. The van der Waals surface area contributed by atoms with Gasteiger partial charge in [-0.05, 0) is 55.5 Å². The molecule has 32 heavy (non-hydrogen) atoms. The summed E-state index contributed by atoms with van der Waals surface area (Å²) in [7, 11) is 1.82. The van der Waals surface area contributed by atoms with Crippen LogP contribution >= 0.6 is 11.8 Å². The molecule has 0 radical (unpaired) electrons. The van der Waals surface area contributed by atoms with Gasteiger partial charge in [0, 0.05) is 52.6 Å². The van der Waals surface area contributed by atoms with Crippen molar-refractivity contribution >= 4 is 40.2 Å². The predicted molar refractivity (Wildman–Crippen MR) is 122 cm³/mol. The largest absolute Gasteiger partial charge is 0.464 e. The van der Waals surface area contributed by atoms with E-state index in [0.29, 0.717) is 22.2 Å². The van der Waals surface area contributed by atoms with E-state index >= 15 is 0 Å². The molecule has 2 aromatic heterocycles. The van der Waals surface area contributed by atoms with E-state index < -0.39 is 0 Å². The van der Waals surface area contributed by atoms with Gasteiger partial charge in [0.15, 0.2) is 0 Å². The standard InChI is InChI=1S/C24H22FN3O3S/c1-14-23(32-17-6-4-16(5-7-17)27-15(2)29)12-21(28(14)3)24(30)26-13-19-18-10-11-31-22(18)9-8-20(19)25/h4-12H,13H2,1-3H3,(H,26,30)(H,27,29). The number of halogens is 1. The number of nitrogens with zero attached hydrogens (tertiary/aromatic N) is 1. The molecule has 0 aliphatic heterocycles. The van der Waals surface area contributed by atoms with Crippen molar-refractivity contribution in [3.8, 4) is 0 Å². The van der Waals surface area contributed by atoms with Crippen molar-refractivity contribution in [1.82, 2.24) is 9.88 Å². The summed E-state index contributed by atoms with van der Waals surface area (Å²) in [6, 6.07) is 13.9. The predicted octanol–water partition coefficient (Wildman–Crippen LogP) is 5.26. The molecule has 0 aliphatic carbocycles. The molecule has 2 aromatic carbocycles. The Labute approximate surface area is 188 Å². The van der Waals surface area contributed by atoms with E-state index in [-0.39, 0.29) is 24.2 Å². The molecule has 2 heterocycles. The van der Waals surface area contributed by atoms with Crippen LogP contribution in [-0.2, 0) is 18.4 Å². The second-order valence-corrected chi connectivity index (χ2v) is 8.50. The Morgan fingerprint density at radius 3 is 2.59 bits per heavy atom. The number of amides is 2. The number of fused-ring (bicyclic) bond motifs is 1. The number of anilines is 1. The smallest absolute Gasteiger partial charge is 0.268 e. The van der Waals surface area contributed by atoms with E-state index in [1.807, 2.05) is 48.9 Å². The second kappa shape index (κ2) is 8.92. The van der Waals surface area contributed by atoms with Crippen LogP contribution in [0.5, 0.6) is 0 Å². The summed E-state index contributed by atoms with van der Waals surface area (Å²) in [5, 5.41) is 6.20. The zero-order valence-corrected chi connectivity index (χ0v) is 18.7. The van der Waals surface area contributed by atoms with E-state index in [2.05, 4.69) is 10.6 Å². The molecule has 0 aliphatic rings. The normalized spacial score (nSPS) is 11.0. The number of aromatic nitrogens is 1. The molecule has 0 saturated carbocycles. The molecule has 164 valence electrons. The van der Waals surface area contributed by atoms with E-state index in [0.717, 1.165) is 21.2 Å². The van der Waals surface area contributed by atoms with Crippen LogP contribution in [0.4, 0.5) is 10.1 Å². The van der Waals surface area contributed by atoms with Gasteiger partial charge < -0.3 is 19.6 Å². The lowest BCUT2D eigenvalue weighted by atomic mass is 10.1. The molecule has 8 heteroatoms. The summed E-state index contributed by atoms with van der Waals surface area (Å²) in [5.41, 5.74) is 3.12. The average Bonchev–Trinajstić information content (AvgIpc) is 3.34. The van der Waals surface area contributed by atoms with E-state index in [1.54, 1.807) is 12.1 Å². The number of carbonyl (C=O) groups excluding carboxylic acids is 2. The fourth-order valence-corrected chi connectivity index (χ4v) is 4.43. The third-order valence-corrected chi connectivity index (χ3v) is 6.38. The molecule has 0 atom stereocenters. The summed E-state index contributed by atoms with van der Waals surface area (Å²) >= 11 is 1.53. The number of nitrogens with one attached hydrogen (secondary N) is 2. The first-order chi connectivity index (χ1) is 15.3. The van der Waals surface area contributed by atoms with Gasteiger partial charge in [-0.1, -0.05) is 11.8 Å². The Morgan fingerprint density at radius 2 is 1.88 bits per heavy atom. The van der Waals surface area contributed by atoms with Gasteiger partial charge in [-0.25, -0.2) is 4.39 Å². The molecule has 0 bridgehead atoms. The van der Waals surface area contributed by atoms with Crippen LogP contribution < -0.4 is 10.6 Å².